The highest BCUT2D eigenvalue weighted by Crippen LogP contribution is 2.13. The Morgan fingerprint density at radius 3 is 1.70 bits per heavy atom. The molecule has 23 heavy (non-hydrogen) atoms. The average molecular weight is 383 g/mol. The number of aryl methyl sites for hydroxylation is 1. The van der Waals surface area contributed by atoms with Crippen LogP contribution >= 0.6 is 15.9 Å². The average Bonchev–Trinajstić information content (AvgIpc) is 2.55. The van der Waals surface area contributed by atoms with Gasteiger partial charge in [-0.05, 0) is 28.4 Å². The molecule has 0 saturated heterocycles. The second kappa shape index (κ2) is 15.1. The molecule has 1 heterocycles. The molecule has 0 spiro atoms. The highest BCUT2D eigenvalue weighted by molar-refractivity contribution is 9.10. The lowest BCUT2D eigenvalue weighted by Gasteiger charge is -2.03. The molecule has 0 aliphatic heterocycles. The van der Waals surface area contributed by atoms with E-state index in [0.717, 1.165) is 16.8 Å². The van der Waals surface area contributed by atoms with Gasteiger partial charge >= 0.3 is 0 Å². The molecule has 0 aliphatic rings. The molecule has 3 heteroatoms. The van der Waals surface area contributed by atoms with E-state index in [2.05, 4.69) is 32.8 Å². The van der Waals surface area contributed by atoms with Gasteiger partial charge in [-0.25, -0.2) is 9.97 Å². The summed E-state index contributed by atoms with van der Waals surface area (Å²) < 4.78 is 0.896. The topological polar surface area (TPSA) is 25.8 Å². The number of rotatable bonds is 15. The first-order chi connectivity index (χ1) is 11.3. The van der Waals surface area contributed by atoms with Crippen LogP contribution in [0.3, 0.4) is 0 Å². The van der Waals surface area contributed by atoms with Crippen molar-refractivity contribution in [2.45, 2.75) is 103 Å². The van der Waals surface area contributed by atoms with Crippen LogP contribution in [0.2, 0.25) is 0 Å². The second-order valence-corrected chi connectivity index (χ2v) is 7.45. The van der Waals surface area contributed by atoms with E-state index in [1.165, 1.54) is 89.9 Å². The Hall–Kier alpha value is -0.440. The molecule has 2 nitrogen and oxygen atoms in total. The fraction of sp³-hybridized carbons (Fsp3) is 0.800. The SMILES string of the molecule is CCCCCCCCCCCCCCCCc1nccc(Br)n1. The Kier molecular flexibility index (Phi) is 13.5. The fourth-order valence-electron chi connectivity index (χ4n) is 2.97. The number of aromatic nitrogens is 2. The van der Waals surface area contributed by atoms with E-state index in [4.69, 9.17) is 0 Å². The van der Waals surface area contributed by atoms with E-state index in [1.807, 2.05) is 12.3 Å². The van der Waals surface area contributed by atoms with Crippen molar-refractivity contribution in [2.75, 3.05) is 0 Å². The summed E-state index contributed by atoms with van der Waals surface area (Å²) in [6.07, 6.45) is 22.5. The van der Waals surface area contributed by atoms with Gasteiger partial charge in [-0.1, -0.05) is 90.4 Å². The summed E-state index contributed by atoms with van der Waals surface area (Å²) in [5.74, 6) is 0.971. The van der Waals surface area contributed by atoms with E-state index in [9.17, 15) is 0 Å². The fourth-order valence-corrected chi connectivity index (χ4v) is 3.30. The Morgan fingerprint density at radius 1 is 0.739 bits per heavy atom. The van der Waals surface area contributed by atoms with Crippen LogP contribution in [0.1, 0.15) is 103 Å². The Bertz CT molecular complexity index is 382. The van der Waals surface area contributed by atoms with Crippen LogP contribution in [0.25, 0.3) is 0 Å². The molecular weight excluding hydrogens is 348 g/mol. The Labute approximate surface area is 152 Å². The number of hydrogen-bond donors (Lipinski definition) is 0. The van der Waals surface area contributed by atoms with Crippen LogP contribution < -0.4 is 0 Å². The summed E-state index contributed by atoms with van der Waals surface area (Å²) in [4.78, 5) is 8.68. The van der Waals surface area contributed by atoms with Gasteiger partial charge in [0, 0.05) is 12.6 Å². The summed E-state index contributed by atoms with van der Waals surface area (Å²) in [6, 6.07) is 1.88. The van der Waals surface area contributed by atoms with E-state index >= 15 is 0 Å². The van der Waals surface area contributed by atoms with Gasteiger partial charge in [0.2, 0.25) is 0 Å². The minimum atomic E-state index is 0.896. The molecule has 0 radical (unpaired) electrons. The van der Waals surface area contributed by atoms with Gasteiger partial charge in [-0.3, -0.25) is 0 Å². The van der Waals surface area contributed by atoms with Crippen molar-refractivity contribution in [1.29, 1.82) is 0 Å². The molecule has 0 fully saturated rings. The molecule has 0 aliphatic carbocycles. The largest absolute Gasteiger partial charge is 0.241 e. The number of halogens is 1. The molecular formula is C20H35BrN2. The third-order valence-corrected chi connectivity index (χ3v) is 4.87. The third kappa shape index (κ3) is 12.6. The molecule has 1 rings (SSSR count). The number of hydrogen-bond acceptors (Lipinski definition) is 2. The predicted molar refractivity (Wildman–Crippen MR) is 104 cm³/mol. The van der Waals surface area contributed by atoms with Crippen molar-refractivity contribution in [1.82, 2.24) is 9.97 Å². The third-order valence-electron chi connectivity index (χ3n) is 4.43. The highest BCUT2D eigenvalue weighted by atomic mass is 79.9. The minimum Gasteiger partial charge on any atom is -0.241 e. The van der Waals surface area contributed by atoms with Crippen molar-refractivity contribution in [3.63, 3.8) is 0 Å². The molecule has 132 valence electrons. The van der Waals surface area contributed by atoms with Crippen LogP contribution in [0, 0.1) is 0 Å². The summed E-state index contributed by atoms with van der Waals surface area (Å²) in [7, 11) is 0. The van der Waals surface area contributed by atoms with Crippen LogP contribution in [-0.4, -0.2) is 9.97 Å². The van der Waals surface area contributed by atoms with Gasteiger partial charge in [-0.2, -0.15) is 0 Å². The smallest absolute Gasteiger partial charge is 0.129 e. The molecule has 0 aromatic carbocycles. The van der Waals surface area contributed by atoms with Gasteiger partial charge in [0.15, 0.2) is 0 Å². The molecule has 0 amide bonds. The number of unbranched alkanes of at least 4 members (excludes halogenated alkanes) is 13. The lowest BCUT2D eigenvalue weighted by Crippen LogP contribution is -1.94. The maximum atomic E-state index is 4.38. The normalized spacial score (nSPS) is 11.0. The number of nitrogens with zero attached hydrogens (tertiary/aromatic N) is 2. The van der Waals surface area contributed by atoms with Gasteiger partial charge in [-0.15, -0.1) is 0 Å². The summed E-state index contributed by atoms with van der Waals surface area (Å²) >= 11 is 3.40. The summed E-state index contributed by atoms with van der Waals surface area (Å²) in [5, 5.41) is 0. The maximum absolute atomic E-state index is 4.38. The second-order valence-electron chi connectivity index (χ2n) is 6.64. The van der Waals surface area contributed by atoms with Crippen LogP contribution in [0.4, 0.5) is 0 Å². The molecule has 1 aromatic rings. The molecule has 0 atom stereocenters. The van der Waals surface area contributed by atoms with Gasteiger partial charge in [0.05, 0.1) is 0 Å². The predicted octanol–water partition coefficient (Wildman–Crippen LogP) is 7.26. The standard InChI is InChI=1S/C20H35BrN2/c1-2-3-4-5-6-7-8-9-10-11-12-13-14-15-16-20-22-18-17-19(21)23-20/h17-18H,2-16H2,1H3. The van der Waals surface area contributed by atoms with Crippen molar-refractivity contribution in [3.8, 4) is 0 Å². The lowest BCUT2D eigenvalue weighted by molar-refractivity contribution is 0.534. The lowest BCUT2D eigenvalue weighted by atomic mass is 10.0. The Morgan fingerprint density at radius 2 is 1.22 bits per heavy atom. The van der Waals surface area contributed by atoms with Gasteiger partial charge in [0.25, 0.3) is 0 Å². The quantitative estimate of drug-likeness (QED) is 0.235. The summed E-state index contributed by atoms with van der Waals surface area (Å²) in [6.45, 7) is 2.29. The van der Waals surface area contributed by atoms with Crippen LogP contribution in [0.15, 0.2) is 16.9 Å². The molecule has 0 saturated carbocycles. The molecule has 1 aromatic heterocycles. The molecule has 0 bridgehead atoms. The zero-order valence-electron chi connectivity index (χ0n) is 15.0. The molecule has 0 N–H and O–H groups in total. The van der Waals surface area contributed by atoms with Gasteiger partial charge < -0.3 is 0 Å². The Balaban J connectivity index is 1.78. The highest BCUT2D eigenvalue weighted by Gasteiger charge is 1.98. The van der Waals surface area contributed by atoms with Crippen molar-refractivity contribution >= 4 is 15.9 Å². The minimum absolute atomic E-state index is 0.896. The van der Waals surface area contributed by atoms with Crippen LogP contribution in [0.5, 0.6) is 0 Å². The first-order valence-electron chi connectivity index (χ1n) is 9.80. The van der Waals surface area contributed by atoms with Gasteiger partial charge in [0.1, 0.15) is 10.4 Å². The summed E-state index contributed by atoms with van der Waals surface area (Å²) in [5.41, 5.74) is 0. The first-order valence-corrected chi connectivity index (χ1v) is 10.6. The first kappa shape index (κ1) is 20.6. The van der Waals surface area contributed by atoms with E-state index in [0.29, 0.717) is 0 Å². The van der Waals surface area contributed by atoms with E-state index in [1.54, 1.807) is 0 Å². The van der Waals surface area contributed by atoms with Crippen LogP contribution in [-0.2, 0) is 6.42 Å². The zero-order valence-corrected chi connectivity index (χ0v) is 16.6. The van der Waals surface area contributed by atoms with Crippen molar-refractivity contribution in [3.05, 3.63) is 22.7 Å². The van der Waals surface area contributed by atoms with Crippen molar-refractivity contribution in [2.24, 2.45) is 0 Å². The van der Waals surface area contributed by atoms with E-state index < -0.39 is 0 Å². The monoisotopic (exact) mass is 382 g/mol. The maximum Gasteiger partial charge on any atom is 0.129 e. The molecule has 0 unspecified atom stereocenters. The zero-order chi connectivity index (χ0) is 16.6. The van der Waals surface area contributed by atoms with E-state index in [-0.39, 0.29) is 0 Å². The van der Waals surface area contributed by atoms with Crippen molar-refractivity contribution < 1.29 is 0 Å².